The monoisotopic (exact) mass is 489 g/mol. The van der Waals surface area contributed by atoms with Gasteiger partial charge in [0.15, 0.2) is 0 Å². The Morgan fingerprint density at radius 3 is 2.16 bits per heavy atom. The summed E-state index contributed by atoms with van der Waals surface area (Å²) in [6.45, 7) is 5.37. The number of amides is 1. The number of thiazole rings is 1. The van der Waals surface area contributed by atoms with E-state index in [4.69, 9.17) is 21.7 Å². The van der Waals surface area contributed by atoms with Crippen molar-refractivity contribution in [2.45, 2.75) is 37.0 Å². The summed E-state index contributed by atoms with van der Waals surface area (Å²) in [4.78, 5) is 21.0. The van der Waals surface area contributed by atoms with Gasteiger partial charge in [0.2, 0.25) is 15.9 Å². The molecule has 1 fully saturated rings. The molecule has 32 heavy (non-hydrogen) atoms. The van der Waals surface area contributed by atoms with Crippen molar-refractivity contribution in [3.63, 3.8) is 0 Å². The Balaban J connectivity index is 1.82. The van der Waals surface area contributed by atoms with E-state index in [9.17, 15) is 13.2 Å². The maximum absolute atomic E-state index is 13.3. The predicted molar refractivity (Wildman–Crippen MR) is 128 cm³/mol. The van der Waals surface area contributed by atoms with Crippen LogP contribution in [0.5, 0.6) is 0 Å². The van der Waals surface area contributed by atoms with Crippen molar-refractivity contribution >= 4 is 38.9 Å². The number of benzene rings is 2. The molecular formula is C23H24ClN3O3S2. The lowest BCUT2D eigenvalue weighted by Gasteiger charge is -2.27. The molecule has 4 rings (SSSR count). The van der Waals surface area contributed by atoms with E-state index in [1.165, 1.54) is 23.5 Å². The van der Waals surface area contributed by atoms with Gasteiger partial charge in [-0.25, -0.2) is 18.5 Å². The van der Waals surface area contributed by atoms with E-state index in [1.807, 2.05) is 30.9 Å². The Labute approximate surface area is 197 Å². The Bertz CT molecular complexity index is 1240. The Morgan fingerprint density at radius 1 is 1.03 bits per heavy atom. The Kier molecular flexibility index (Phi) is 6.15. The van der Waals surface area contributed by atoms with Gasteiger partial charge in [0.05, 0.1) is 20.9 Å². The van der Waals surface area contributed by atoms with Gasteiger partial charge in [-0.1, -0.05) is 35.9 Å². The molecule has 0 atom stereocenters. The topological polar surface area (TPSA) is 93.4 Å². The maximum atomic E-state index is 13.3. The van der Waals surface area contributed by atoms with E-state index in [1.54, 1.807) is 24.3 Å². The molecule has 6 nitrogen and oxygen atoms in total. The van der Waals surface area contributed by atoms with Crippen molar-refractivity contribution in [1.82, 2.24) is 9.88 Å². The molecule has 2 aromatic carbocycles. The van der Waals surface area contributed by atoms with Crippen LogP contribution in [0.15, 0.2) is 53.4 Å². The maximum Gasteiger partial charge on any atom is 0.238 e. The smallest absolute Gasteiger partial charge is 0.238 e. The van der Waals surface area contributed by atoms with Crippen molar-refractivity contribution < 1.29 is 13.2 Å². The minimum atomic E-state index is -3.78. The van der Waals surface area contributed by atoms with E-state index in [0.717, 1.165) is 47.6 Å². The highest BCUT2D eigenvalue weighted by molar-refractivity contribution is 7.89. The first-order valence-electron chi connectivity index (χ1n) is 10.3. The van der Waals surface area contributed by atoms with Gasteiger partial charge in [-0.05, 0) is 56.5 Å². The number of sulfonamides is 1. The number of halogens is 1. The van der Waals surface area contributed by atoms with Crippen LogP contribution in [-0.4, -0.2) is 37.3 Å². The average molecular weight is 490 g/mol. The summed E-state index contributed by atoms with van der Waals surface area (Å²) >= 11 is 7.52. The van der Waals surface area contributed by atoms with E-state index in [2.05, 4.69) is 0 Å². The molecule has 0 bridgehead atoms. The number of primary sulfonamides is 1. The van der Waals surface area contributed by atoms with Gasteiger partial charge >= 0.3 is 0 Å². The van der Waals surface area contributed by atoms with Crippen molar-refractivity contribution in [2.75, 3.05) is 13.1 Å². The summed E-state index contributed by atoms with van der Waals surface area (Å²) in [6, 6.07) is 13.8. The number of hydrogen-bond acceptors (Lipinski definition) is 5. The van der Waals surface area contributed by atoms with Gasteiger partial charge in [0, 0.05) is 23.7 Å². The number of carbonyl (C=O) groups excluding carboxylic acids is 1. The third-order valence-corrected chi connectivity index (χ3v) is 8.26. The highest BCUT2D eigenvalue weighted by Crippen LogP contribution is 2.42. The normalized spacial score (nSPS) is 14.7. The molecule has 1 aliphatic heterocycles. The first kappa shape index (κ1) is 22.9. The molecule has 1 saturated heterocycles. The molecule has 0 unspecified atom stereocenters. The van der Waals surface area contributed by atoms with Crippen molar-refractivity contribution in [3.8, 4) is 21.7 Å². The van der Waals surface area contributed by atoms with Gasteiger partial charge in [-0.15, -0.1) is 11.3 Å². The first-order chi connectivity index (χ1) is 15.1. The van der Waals surface area contributed by atoms with Gasteiger partial charge in [-0.2, -0.15) is 0 Å². The van der Waals surface area contributed by atoms with Gasteiger partial charge in [-0.3, -0.25) is 4.79 Å². The Hall–Kier alpha value is -2.26. The number of nitrogens with zero attached hydrogens (tertiary/aromatic N) is 2. The van der Waals surface area contributed by atoms with Crippen LogP contribution in [-0.2, 0) is 20.2 Å². The van der Waals surface area contributed by atoms with Crippen LogP contribution in [0.4, 0.5) is 0 Å². The van der Waals surface area contributed by atoms with E-state index in [-0.39, 0.29) is 10.8 Å². The number of aromatic nitrogens is 1. The number of rotatable bonds is 5. The van der Waals surface area contributed by atoms with Crippen molar-refractivity contribution in [1.29, 1.82) is 0 Å². The standard InChI is InChI=1S/C23H24ClN3O3S2/c1-23(2,22(28)27-13-3-4-14-27)21-26-19(15-5-9-17(24)10-6-15)20(31-21)16-7-11-18(12-8-16)32(25,29)30/h5-12H,3-4,13-14H2,1-2H3,(H2,25,29,30). The molecular weight excluding hydrogens is 466 g/mol. The number of nitrogens with two attached hydrogens (primary N) is 1. The van der Waals surface area contributed by atoms with E-state index < -0.39 is 15.4 Å². The highest BCUT2D eigenvalue weighted by Gasteiger charge is 2.38. The van der Waals surface area contributed by atoms with E-state index >= 15 is 0 Å². The zero-order chi connectivity index (χ0) is 23.1. The predicted octanol–water partition coefficient (Wildman–Crippen LogP) is 4.68. The number of hydrogen-bond donors (Lipinski definition) is 1. The second-order valence-corrected chi connectivity index (χ2v) is 11.4. The third-order valence-electron chi connectivity index (χ3n) is 5.65. The van der Waals surface area contributed by atoms with Gasteiger partial charge in [0.1, 0.15) is 5.01 Å². The molecule has 0 saturated carbocycles. The highest BCUT2D eigenvalue weighted by atomic mass is 35.5. The molecule has 2 N–H and O–H groups in total. The molecule has 0 radical (unpaired) electrons. The molecule has 3 aromatic rings. The minimum Gasteiger partial charge on any atom is -0.342 e. The summed E-state index contributed by atoms with van der Waals surface area (Å²) in [5, 5.41) is 6.57. The lowest BCUT2D eigenvalue weighted by molar-refractivity contribution is -0.135. The van der Waals surface area contributed by atoms with Crippen LogP contribution < -0.4 is 5.14 Å². The second kappa shape index (κ2) is 8.59. The third kappa shape index (κ3) is 4.45. The lowest BCUT2D eigenvalue weighted by atomic mass is 9.92. The fourth-order valence-electron chi connectivity index (χ4n) is 3.79. The molecule has 0 spiro atoms. The molecule has 1 aliphatic rings. The number of carbonyl (C=O) groups is 1. The van der Waals surface area contributed by atoms with Gasteiger partial charge in [0.25, 0.3) is 0 Å². The SMILES string of the molecule is CC(C)(C(=O)N1CCCC1)c1nc(-c2ccc(Cl)cc2)c(-c2ccc(S(N)(=O)=O)cc2)s1. The summed E-state index contributed by atoms with van der Waals surface area (Å²) in [6.07, 6.45) is 2.05. The zero-order valence-electron chi connectivity index (χ0n) is 17.8. The minimum absolute atomic E-state index is 0.0450. The molecule has 1 aromatic heterocycles. The fraction of sp³-hybridized carbons (Fsp3) is 0.304. The van der Waals surface area contributed by atoms with Crippen molar-refractivity contribution in [3.05, 3.63) is 58.6 Å². The summed E-state index contributed by atoms with van der Waals surface area (Å²) in [5.74, 6) is 0.0718. The summed E-state index contributed by atoms with van der Waals surface area (Å²) in [5.41, 5.74) is 1.62. The van der Waals surface area contributed by atoms with Gasteiger partial charge < -0.3 is 4.90 Å². The first-order valence-corrected chi connectivity index (χ1v) is 13.0. The number of likely N-dealkylation sites (tertiary alicyclic amines) is 1. The molecule has 2 heterocycles. The van der Waals surface area contributed by atoms with Crippen LogP contribution in [0.1, 0.15) is 31.7 Å². The Morgan fingerprint density at radius 2 is 1.59 bits per heavy atom. The summed E-state index contributed by atoms with van der Waals surface area (Å²) in [7, 11) is -3.78. The second-order valence-electron chi connectivity index (χ2n) is 8.40. The van der Waals surface area contributed by atoms with Crippen molar-refractivity contribution in [2.24, 2.45) is 5.14 Å². The average Bonchev–Trinajstić information content (AvgIpc) is 3.44. The zero-order valence-corrected chi connectivity index (χ0v) is 20.2. The van der Waals surface area contributed by atoms with E-state index in [0.29, 0.717) is 10.0 Å². The molecule has 1 amide bonds. The van der Waals surface area contributed by atoms with Crippen LogP contribution in [0.2, 0.25) is 5.02 Å². The fourth-order valence-corrected chi connectivity index (χ4v) is 5.62. The quantitative estimate of drug-likeness (QED) is 0.563. The summed E-state index contributed by atoms with van der Waals surface area (Å²) < 4.78 is 23.3. The van der Waals surface area contributed by atoms with Crippen LogP contribution in [0.25, 0.3) is 21.7 Å². The van der Waals surface area contributed by atoms with Crippen LogP contribution >= 0.6 is 22.9 Å². The van der Waals surface area contributed by atoms with Crippen LogP contribution in [0, 0.1) is 0 Å². The molecule has 0 aliphatic carbocycles. The van der Waals surface area contributed by atoms with Crippen LogP contribution in [0.3, 0.4) is 0 Å². The lowest BCUT2D eigenvalue weighted by Crippen LogP contribution is -2.41. The largest absolute Gasteiger partial charge is 0.342 e. The molecule has 9 heteroatoms. The molecule has 168 valence electrons.